The number of hydrogen-bond donors (Lipinski definition) is 1. The maximum absolute atomic E-state index is 5.43. The minimum absolute atomic E-state index is 0.183. The Hall–Kier alpha value is -0.490. The van der Waals surface area contributed by atoms with Crippen molar-refractivity contribution in [2.24, 2.45) is 0 Å². The van der Waals surface area contributed by atoms with E-state index in [1.807, 2.05) is 32.0 Å². The van der Waals surface area contributed by atoms with E-state index >= 15 is 0 Å². The quantitative estimate of drug-likeness (QED) is 0.591. The molecular weight excluding hydrogens is 284 g/mol. The summed E-state index contributed by atoms with van der Waals surface area (Å²) in [4.78, 5) is 4.33. The molecule has 0 atom stereocenters. The zero-order valence-electron chi connectivity index (χ0n) is 10.3. The van der Waals surface area contributed by atoms with Crippen molar-refractivity contribution in [3.05, 3.63) is 28.5 Å². The average Bonchev–Trinajstić information content (AvgIpc) is 2.30. The summed E-state index contributed by atoms with van der Waals surface area (Å²) < 4.78 is 11.7. The van der Waals surface area contributed by atoms with Crippen molar-refractivity contribution in [2.75, 3.05) is 19.8 Å². The SMILES string of the molecule is CCOC(CNCc1cccc(Br)n1)OCC. The van der Waals surface area contributed by atoms with Crippen LogP contribution in [-0.2, 0) is 16.0 Å². The minimum atomic E-state index is -0.183. The molecule has 0 radical (unpaired) electrons. The Morgan fingerprint density at radius 3 is 2.59 bits per heavy atom. The molecular formula is C12H19BrN2O2. The van der Waals surface area contributed by atoms with Gasteiger partial charge in [0, 0.05) is 26.3 Å². The molecule has 0 aliphatic carbocycles. The topological polar surface area (TPSA) is 43.4 Å². The summed E-state index contributed by atoms with van der Waals surface area (Å²) in [5.74, 6) is 0. The van der Waals surface area contributed by atoms with Gasteiger partial charge in [-0.2, -0.15) is 0 Å². The standard InChI is InChI=1S/C12H19BrN2O2/c1-3-16-12(17-4-2)9-14-8-10-6-5-7-11(13)15-10/h5-7,12,14H,3-4,8-9H2,1-2H3. The first-order chi connectivity index (χ1) is 8.26. The number of ether oxygens (including phenoxy) is 2. The van der Waals surface area contributed by atoms with Crippen LogP contribution in [0.5, 0.6) is 0 Å². The highest BCUT2D eigenvalue weighted by molar-refractivity contribution is 9.10. The highest BCUT2D eigenvalue weighted by atomic mass is 79.9. The van der Waals surface area contributed by atoms with Crippen LogP contribution in [0.1, 0.15) is 19.5 Å². The smallest absolute Gasteiger partial charge is 0.169 e. The highest BCUT2D eigenvalue weighted by Gasteiger charge is 2.06. The Bertz CT molecular complexity index is 317. The van der Waals surface area contributed by atoms with Crippen LogP contribution in [0.15, 0.2) is 22.8 Å². The zero-order valence-corrected chi connectivity index (χ0v) is 11.9. The van der Waals surface area contributed by atoms with E-state index in [4.69, 9.17) is 9.47 Å². The van der Waals surface area contributed by atoms with Gasteiger partial charge in [0.25, 0.3) is 0 Å². The van der Waals surface area contributed by atoms with E-state index in [2.05, 4.69) is 26.2 Å². The van der Waals surface area contributed by atoms with Crippen LogP contribution in [0.2, 0.25) is 0 Å². The van der Waals surface area contributed by atoms with Gasteiger partial charge in [0.15, 0.2) is 6.29 Å². The van der Waals surface area contributed by atoms with Crippen molar-refractivity contribution in [1.29, 1.82) is 0 Å². The van der Waals surface area contributed by atoms with Gasteiger partial charge in [-0.25, -0.2) is 4.98 Å². The lowest BCUT2D eigenvalue weighted by molar-refractivity contribution is -0.133. The van der Waals surface area contributed by atoms with Crippen LogP contribution in [0.3, 0.4) is 0 Å². The summed E-state index contributed by atoms with van der Waals surface area (Å²) in [5, 5.41) is 3.27. The lowest BCUT2D eigenvalue weighted by Crippen LogP contribution is -2.31. The molecule has 5 heteroatoms. The van der Waals surface area contributed by atoms with Gasteiger partial charge in [-0.05, 0) is 41.9 Å². The number of pyridine rings is 1. The van der Waals surface area contributed by atoms with Crippen molar-refractivity contribution in [1.82, 2.24) is 10.3 Å². The fourth-order valence-corrected chi connectivity index (χ4v) is 1.78. The van der Waals surface area contributed by atoms with E-state index in [1.165, 1.54) is 0 Å². The number of nitrogens with zero attached hydrogens (tertiary/aromatic N) is 1. The Balaban J connectivity index is 2.30. The molecule has 0 bridgehead atoms. The van der Waals surface area contributed by atoms with E-state index in [0.29, 0.717) is 26.3 Å². The molecule has 0 saturated carbocycles. The number of rotatable bonds is 8. The molecule has 1 heterocycles. The Morgan fingerprint density at radius 1 is 1.29 bits per heavy atom. The maximum Gasteiger partial charge on any atom is 0.169 e. The van der Waals surface area contributed by atoms with Gasteiger partial charge in [-0.3, -0.25) is 0 Å². The van der Waals surface area contributed by atoms with Crippen LogP contribution in [-0.4, -0.2) is 31.0 Å². The Labute approximate surface area is 111 Å². The van der Waals surface area contributed by atoms with E-state index in [1.54, 1.807) is 0 Å². The van der Waals surface area contributed by atoms with Gasteiger partial charge in [0.05, 0.1) is 5.69 Å². The van der Waals surface area contributed by atoms with Gasteiger partial charge in [0.1, 0.15) is 4.60 Å². The van der Waals surface area contributed by atoms with Crippen LogP contribution in [0.25, 0.3) is 0 Å². The second kappa shape index (κ2) is 8.58. The second-order valence-corrected chi connectivity index (χ2v) is 4.24. The monoisotopic (exact) mass is 302 g/mol. The lowest BCUT2D eigenvalue weighted by Gasteiger charge is -2.17. The molecule has 17 heavy (non-hydrogen) atoms. The summed E-state index contributed by atoms with van der Waals surface area (Å²) >= 11 is 3.34. The summed E-state index contributed by atoms with van der Waals surface area (Å²) in [6.45, 7) is 6.60. The summed E-state index contributed by atoms with van der Waals surface area (Å²) in [6, 6.07) is 5.86. The van der Waals surface area contributed by atoms with E-state index in [9.17, 15) is 0 Å². The Morgan fingerprint density at radius 2 is 2.00 bits per heavy atom. The molecule has 0 spiro atoms. The van der Waals surface area contributed by atoms with Gasteiger partial charge >= 0.3 is 0 Å². The normalized spacial score (nSPS) is 11.1. The van der Waals surface area contributed by atoms with Crippen molar-refractivity contribution in [2.45, 2.75) is 26.7 Å². The first-order valence-electron chi connectivity index (χ1n) is 5.81. The fraction of sp³-hybridized carbons (Fsp3) is 0.583. The molecule has 0 aliphatic heterocycles. The van der Waals surface area contributed by atoms with Crippen molar-refractivity contribution < 1.29 is 9.47 Å². The third-order valence-corrected chi connectivity index (χ3v) is 2.54. The van der Waals surface area contributed by atoms with E-state index in [0.717, 1.165) is 10.3 Å². The molecule has 1 N–H and O–H groups in total. The summed E-state index contributed by atoms with van der Waals surface area (Å²) in [6.07, 6.45) is -0.183. The minimum Gasteiger partial charge on any atom is -0.352 e. The molecule has 1 rings (SSSR count). The summed E-state index contributed by atoms with van der Waals surface area (Å²) in [7, 11) is 0. The second-order valence-electron chi connectivity index (χ2n) is 3.42. The molecule has 0 saturated heterocycles. The first kappa shape index (κ1) is 14.6. The molecule has 0 aliphatic rings. The molecule has 96 valence electrons. The van der Waals surface area contributed by atoms with Gasteiger partial charge in [-0.1, -0.05) is 6.07 Å². The molecule has 1 aromatic heterocycles. The van der Waals surface area contributed by atoms with Crippen LogP contribution >= 0.6 is 15.9 Å². The third-order valence-electron chi connectivity index (χ3n) is 2.10. The predicted molar refractivity (Wildman–Crippen MR) is 70.7 cm³/mol. The fourth-order valence-electron chi connectivity index (χ4n) is 1.40. The predicted octanol–water partition coefficient (Wildman–Crippen LogP) is 2.33. The van der Waals surface area contributed by atoms with Gasteiger partial charge < -0.3 is 14.8 Å². The molecule has 1 aromatic rings. The van der Waals surface area contributed by atoms with Crippen molar-refractivity contribution >= 4 is 15.9 Å². The number of nitrogens with one attached hydrogen (secondary N) is 1. The third kappa shape index (κ3) is 6.12. The summed E-state index contributed by atoms with van der Waals surface area (Å²) in [5.41, 5.74) is 0.992. The number of aromatic nitrogens is 1. The maximum atomic E-state index is 5.43. The van der Waals surface area contributed by atoms with Crippen LogP contribution in [0, 0.1) is 0 Å². The number of halogens is 1. The lowest BCUT2D eigenvalue weighted by atomic mass is 10.3. The van der Waals surface area contributed by atoms with E-state index in [-0.39, 0.29) is 6.29 Å². The first-order valence-corrected chi connectivity index (χ1v) is 6.61. The zero-order chi connectivity index (χ0) is 12.5. The van der Waals surface area contributed by atoms with Gasteiger partial charge in [-0.15, -0.1) is 0 Å². The molecule has 0 amide bonds. The van der Waals surface area contributed by atoms with Crippen LogP contribution in [0.4, 0.5) is 0 Å². The molecule has 4 nitrogen and oxygen atoms in total. The van der Waals surface area contributed by atoms with Crippen LogP contribution < -0.4 is 5.32 Å². The number of hydrogen-bond acceptors (Lipinski definition) is 4. The van der Waals surface area contributed by atoms with Crippen molar-refractivity contribution in [3.63, 3.8) is 0 Å². The highest BCUT2D eigenvalue weighted by Crippen LogP contribution is 2.05. The molecule has 0 aromatic carbocycles. The van der Waals surface area contributed by atoms with Gasteiger partial charge in [0.2, 0.25) is 0 Å². The van der Waals surface area contributed by atoms with E-state index < -0.39 is 0 Å². The molecule has 0 unspecified atom stereocenters. The largest absolute Gasteiger partial charge is 0.352 e. The average molecular weight is 303 g/mol. The Kier molecular flexibility index (Phi) is 7.35. The van der Waals surface area contributed by atoms with Crippen molar-refractivity contribution in [3.8, 4) is 0 Å². The molecule has 0 fully saturated rings.